The lowest BCUT2D eigenvalue weighted by atomic mass is 9.99. The molecule has 1 aromatic rings. The zero-order chi connectivity index (χ0) is 35.5. The molecule has 2 unspecified atom stereocenters. The highest BCUT2D eigenvalue weighted by atomic mass is 32.2. The highest BCUT2D eigenvalue weighted by molar-refractivity contribution is 8.00. The van der Waals surface area contributed by atoms with Crippen LogP contribution in [0, 0.1) is 0 Å². The van der Waals surface area contributed by atoms with Gasteiger partial charge in [-0.3, -0.25) is 9.59 Å². The van der Waals surface area contributed by atoms with Crippen molar-refractivity contribution in [3.63, 3.8) is 0 Å². The maximum Gasteiger partial charge on any atom is 0.342 e. The highest BCUT2D eigenvalue weighted by Gasteiger charge is 2.43. The van der Waals surface area contributed by atoms with Gasteiger partial charge in [0.1, 0.15) is 53.0 Å². The SMILES string of the molecule is C[C@@H]1C/C=C/[C@H](NC(=O)CS[C@H]2OC(CO)[C@H](O)C(O)[C@H]2O)C/C=C/C(=NOCC(=O)N2CCCCC2)Cc2cc(O)cc(O)c2C(=O)O1. The molecule has 16 heteroatoms. The molecule has 0 bridgehead atoms. The number of aliphatic hydroxyl groups excluding tert-OH is 4. The number of aliphatic hydroxyl groups is 4. The maximum atomic E-state index is 13.2. The molecular formula is C33H45N3O12S. The second-order valence-corrected chi connectivity index (χ2v) is 13.3. The van der Waals surface area contributed by atoms with Crippen molar-refractivity contribution in [1.29, 1.82) is 0 Å². The number of carbonyl (C=O) groups excluding carboxylic acids is 3. The van der Waals surface area contributed by atoms with Crippen LogP contribution in [0.25, 0.3) is 0 Å². The first-order valence-corrected chi connectivity index (χ1v) is 17.3. The zero-order valence-corrected chi connectivity index (χ0v) is 28.0. The summed E-state index contributed by atoms with van der Waals surface area (Å²) < 4.78 is 11.0. The molecule has 2 saturated heterocycles. The van der Waals surface area contributed by atoms with Gasteiger partial charge in [-0.25, -0.2) is 4.79 Å². The number of aromatic hydroxyl groups is 2. The lowest BCUT2D eigenvalue weighted by molar-refractivity contribution is -0.205. The van der Waals surface area contributed by atoms with E-state index in [2.05, 4.69) is 10.5 Å². The Labute approximate surface area is 288 Å². The number of allylic oxidation sites excluding steroid dienone is 1. The van der Waals surface area contributed by atoms with Crippen LogP contribution in [0.3, 0.4) is 0 Å². The first kappa shape index (κ1) is 38.1. The third kappa shape index (κ3) is 10.9. The molecule has 15 nitrogen and oxygen atoms in total. The Hall–Kier alpha value is -3.67. The number of nitrogens with one attached hydrogen (secondary N) is 1. The fraction of sp³-hybridized carbons (Fsp3) is 0.576. The van der Waals surface area contributed by atoms with E-state index in [4.69, 9.17) is 14.3 Å². The van der Waals surface area contributed by atoms with Gasteiger partial charge in [-0.1, -0.05) is 23.4 Å². The maximum absolute atomic E-state index is 13.2. The highest BCUT2D eigenvalue weighted by Crippen LogP contribution is 2.30. The van der Waals surface area contributed by atoms with Crippen LogP contribution >= 0.6 is 11.8 Å². The third-order valence-electron chi connectivity index (χ3n) is 8.26. The molecule has 0 aliphatic carbocycles. The largest absolute Gasteiger partial charge is 0.508 e. The van der Waals surface area contributed by atoms with Gasteiger partial charge in [0.25, 0.3) is 5.91 Å². The van der Waals surface area contributed by atoms with Crippen molar-refractivity contribution < 1.29 is 59.3 Å². The van der Waals surface area contributed by atoms with Crippen molar-refractivity contribution in [1.82, 2.24) is 10.2 Å². The van der Waals surface area contributed by atoms with Crippen molar-refractivity contribution in [2.24, 2.45) is 5.16 Å². The van der Waals surface area contributed by atoms with Gasteiger partial charge in [-0.2, -0.15) is 0 Å². The Morgan fingerprint density at radius 3 is 2.55 bits per heavy atom. The number of cyclic esters (lactones) is 1. The molecule has 0 spiro atoms. The number of benzene rings is 1. The predicted molar refractivity (Wildman–Crippen MR) is 178 cm³/mol. The van der Waals surface area contributed by atoms with Crippen LogP contribution in [0.4, 0.5) is 0 Å². The van der Waals surface area contributed by atoms with Crippen molar-refractivity contribution in [3.05, 3.63) is 47.6 Å². The number of carbonyl (C=O) groups is 3. The summed E-state index contributed by atoms with van der Waals surface area (Å²) in [7, 11) is 0. The number of piperidine rings is 1. The molecule has 7 atom stereocenters. The number of hydrogen-bond donors (Lipinski definition) is 7. The number of oxime groups is 1. The molecule has 3 heterocycles. The number of fused-ring (bicyclic) bond motifs is 1. The Bertz CT molecular complexity index is 1400. The molecule has 0 saturated carbocycles. The van der Waals surface area contributed by atoms with Gasteiger partial charge in [0.15, 0.2) is 6.61 Å². The Balaban J connectivity index is 1.50. The second kappa shape index (κ2) is 18.4. The van der Waals surface area contributed by atoms with Gasteiger partial charge in [-0.05, 0) is 50.3 Å². The van der Waals surface area contributed by atoms with E-state index >= 15 is 0 Å². The molecule has 270 valence electrons. The standard InChI is InChI=1S/C33H45N3O12S/c1-19-7-5-8-21(34-26(40)18-49-33-31(44)30(43)29(42)25(16-37)48-33)9-6-10-22(35-46-17-27(41)36-11-3-2-4-12-36)13-20-14-23(38)15-24(39)28(20)32(45)47-19/h5-6,8,10,14-15,19,21,25,29-31,33,37-39,42-44H,2-4,7,9,11-13,16-18H2,1H3,(H,34,40)/b8-5+,10-6+,35-22?/t19-,21+,25?,29+,30?,31-,33-/m1/s1. The number of thioether (sulfide) groups is 1. The van der Waals surface area contributed by atoms with Crippen molar-refractivity contribution in [2.45, 2.75) is 87.4 Å². The minimum Gasteiger partial charge on any atom is -0.508 e. The van der Waals surface area contributed by atoms with E-state index in [1.54, 1.807) is 36.1 Å². The summed E-state index contributed by atoms with van der Waals surface area (Å²) in [4.78, 5) is 45.9. The molecule has 0 radical (unpaired) electrons. The smallest absolute Gasteiger partial charge is 0.342 e. The Kier molecular flexibility index (Phi) is 14.3. The Morgan fingerprint density at radius 1 is 1.06 bits per heavy atom. The molecule has 2 amide bonds. The normalized spacial score (nSPS) is 30.4. The topological polar surface area (TPSA) is 228 Å². The lowest BCUT2D eigenvalue weighted by Crippen LogP contribution is -2.57. The number of esters is 1. The molecule has 49 heavy (non-hydrogen) atoms. The van der Waals surface area contributed by atoms with Gasteiger partial charge in [0.2, 0.25) is 5.91 Å². The first-order valence-electron chi connectivity index (χ1n) is 16.2. The van der Waals surface area contributed by atoms with E-state index in [1.165, 1.54) is 6.07 Å². The molecule has 7 N–H and O–H groups in total. The number of likely N-dealkylation sites (tertiary alicyclic amines) is 1. The average molecular weight is 708 g/mol. The zero-order valence-electron chi connectivity index (χ0n) is 27.2. The van der Waals surface area contributed by atoms with Crippen LogP contribution in [-0.4, -0.2) is 133 Å². The molecule has 4 rings (SSSR count). The van der Waals surface area contributed by atoms with Crippen molar-refractivity contribution in [2.75, 3.05) is 32.1 Å². The van der Waals surface area contributed by atoms with Crippen molar-refractivity contribution in [3.8, 4) is 11.5 Å². The number of hydrogen-bond acceptors (Lipinski definition) is 14. The van der Waals surface area contributed by atoms with E-state index in [0.717, 1.165) is 37.1 Å². The van der Waals surface area contributed by atoms with Crippen LogP contribution in [-0.2, 0) is 30.3 Å². The van der Waals surface area contributed by atoms with Crippen molar-refractivity contribution >= 4 is 35.3 Å². The summed E-state index contributed by atoms with van der Waals surface area (Å²) >= 11 is 0.900. The fourth-order valence-corrected chi connectivity index (χ4v) is 6.62. The summed E-state index contributed by atoms with van der Waals surface area (Å²) in [6.07, 6.45) is 3.85. The van der Waals surface area contributed by atoms with Crippen LogP contribution in [0.2, 0.25) is 0 Å². The van der Waals surface area contributed by atoms with Crippen LogP contribution in [0.15, 0.2) is 41.6 Å². The Morgan fingerprint density at radius 2 is 1.82 bits per heavy atom. The minimum atomic E-state index is -1.56. The molecule has 2 fully saturated rings. The summed E-state index contributed by atoms with van der Waals surface area (Å²) in [5.41, 5.74) is -0.744. The number of phenolic OH excluding ortho intramolecular Hbond substituents is 2. The minimum absolute atomic E-state index is 0.0855. The third-order valence-corrected chi connectivity index (χ3v) is 9.40. The summed E-state index contributed by atoms with van der Waals surface area (Å²) in [5.74, 6) is -2.39. The van der Waals surface area contributed by atoms with E-state index in [0.29, 0.717) is 13.1 Å². The van der Waals surface area contributed by atoms with Gasteiger partial charge < -0.3 is 55.2 Å². The van der Waals surface area contributed by atoms with E-state index in [9.17, 15) is 45.0 Å². The first-order chi connectivity index (χ1) is 23.5. The number of ether oxygens (including phenoxy) is 2. The van der Waals surface area contributed by atoms with Gasteiger partial charge in [0, 0.05) is 32.0 Å². The predicted octanol–water partition coefficient (Wildman–Crippen LogP) is 0.495. The van der Waals surface area contributed by atoms with E-state index in [-0.39, 0.29) is 60.1 Å². The number of amides is 2. The molecule has 3 aliphatic rings. The fourth-order valence-electron chi connectivity index (χ4n) is 5.64. The lowest BCUT2D eigenvalue weighted by Gasteiger charge is -2.39. The monoisotopic (exact) mass is 707 g/mol. The summed E-state index contributed by atoms with van der Waals surface area (Å²) in [6.45, 7) is 2.07. The van der Waals surface area contributed by atoms with Gasteiger partial charge >= 0.3 is 5.97 Å². The van der Waals surface area contributed by atoms with Gasteiger partial charge in [-0.15, -0.1) is 11.8 Å². The van der Waals surface area contributed by atoms with Crippen LogP contribution < -0.4 is 5.32 Å². The number of phenols is 2. The van der Waals surface area contributed by atoms with Gasteiger partial charge in [0.05, 0.1) is 24.1 Å². The number of nitrogens with zero attached hydrogens (tertiary/aromatic N) is 2. The van der Waals surface area contributed by atoms with E-state index in [1.807, 2.05) is 0 Å². The molecular weight excluding hydrogens is 662 g/mol. The summed E-state index contributed by atoms with van der Waals surface area (Å²) in [5, 5.41) is 67.6. The quantitative estimate of drug-likeness (QED) is 0.111. The second-order valence-electron chi connectivity index (χ2n) is 12.2. The average Bonchev–Trinajstić information content (AvgIpc) is 3.06. The molecule has 0 aromatic heterocycles. The van der Waals surface area contributed by atoms with Crippen LogP contribution in [0.1, 0.15) is 54.9 Å². The van der Waals surface area contributed by atoms with E-state index < -0.39 is 66.2 Å². The summed E-state index contributed by atoms with van der Waals surface area (Å²) in [6, 6.07) is 1.80. The molecule has 1 aromatic carbocycles. The van der Waals surface area contributed by atoms with Crippen LogP contribution in [0.5, 0.6) is 11.5 Å². The molecule has 3 aliphatic heterocycles. The number of rotatable bonds is 8.